The summed E-state index contributed by atoms with van der Waals surface area (Å²) in [7, 11) is 0. The second-order valence-corrected chi connectivity index (χ2v) is 5.22. The summed E-state index contributed by atoms with van der Waals surface area (Å²) in [4.78, 5) is 11.0. The molecular weight excluding hydrogens is 252 g/mol. The van der Waals surface area contributed by atoms with Crippen LogP contribution in [-0.2, 0) is 6.54 Å². The minimum absolute atomic E-state index is 0.143. The second-order valence-electron chi connectivity index (χ2n) is 4.82. The van der Waals surface area contributed by atoms with E-state index in [1.54, 1.807) is 18.2 Å². The largest absolute Gasteiger partial charge is 0.394 e. The number of primary amides is 1. The Balaban J connectivity index is 2.03. The number of nitrogens with one attached hydrogen (secondary N) is 1. The summed E-state index contributed by atoms with van der Waals surface area (Å²) in [6.07, 6.45) is 3.11. The van der Waals surface area contributed by atoms with E-state index in [1.807, 2.05) is 0 Å². The quantitative estimate of drug-likeness (QED) is 0.756. The van der Waals surface area contributed by atoms with Crippen molar-refractivity contribution in [3.63, 3.8) is 0 Å². The van der Waals surface area contributed by atoms with Gasteiger partial charge in [0.15, 0.2) is 0 Å². The number of aliphatic hydroxyl groups is 1. The molecule has 0 unspecified atom stereocenters. The summed E-state index contributed by atoms with van der Waals surface area (Å²) < 4.78 is 0. The SMILES string of the molecule is NC(=O)c1ccc(CNC2(CO)CCC2)c(Cl)c1. The number of aliphatic hydroxyl groups excluding tert-OH is 1. The molecule has 4 nitrogen and oxygen atoms in total. The maximum atomic E-state index is 11.0. The Hall–Kier alpha value is -1.10. The fourth-order valence-electron chi connectivity index (χ4n) is 2.12. The molecule has 0 radical (unpaired) electrons. The smallest absolute Gasteiger partial charge is 0.248 e. The summed E-state index contributed by atoms with van der Waals surface area (Å²) >= 11 is 6.10. The average Bonchev–Trinajstić information content (AvgIpc) is 2.29. The molecule has 5 heteroatoms. The van der Waals surface area contributed by atoms with Gasteiger partial charge in [-0.05, 0) is 37.0 Å². The van der Waals surface area contributed by atoms with Crippen molar-refractivity contribution < 1.29 is 9.90 Å². The number of nitrogens with two attached hydrogens (primary N) is 1. The highest BCUT2D eigenvalue weighted by Gasteiger charge is 2.35. The normalized spacial score (nSPS) is 17.2. The minimum Gasteiger partial charge on any atom is -0.394 e. The molecule has 0 spiro atoms. The van der Waals surface area contributed by atoms with Crippen molar-refractivity contribution in [2.75, 3.05) is 6.61 Å². The number of amides is 1. The van der Waals surface area contributed by atoms with E-state index in [-0.39, 0.29) is 12.1 Å². The molecule has 1 saturated carbocycles. The van der Waals surface area contributed by atoms with Crippen LogP contribution in [0.25, 0.3) is 0 Å². The van der Waals surface area contributed by atoms with Gasteiger partial charge in [0, 0.05) is 22.7 Å². The molecule has 0 heterocycles. The molecule has 0 bridgehead atoms. The Morgan fingerprint density at radius 3 is 2.67 bits per heavy atom. The van der Waals surface area contributed by atoms with Crippen molar-refractivity contribution >= 4 is 17.5 Å². The third-order valence-electron chi connectivity index (χ3n) is 3.60. The van der Waals surface area contributed by atoms with E-state index in [9.17, 15) is 9.90 Å². The lowest BCUT2D eigenvalue weighted by Crippen LogP contribution is -2.53. The highest BCUT2D eigenvalue weighted by atomic mass is 35.5. The van der Waals surface area contributed by atoms with Crippen LogP contribution in [0.4, 0.5) is 0 Å². The van der Waals surface area contributed by atoms with Gasteiger partial charge in [0.1, 0.15) is 0 Å². The van der Waals surface area contributed by atoms with E-state index in [4.69, 9.17) is 17.3 Å². The van der Waals surface area contributed by atoms with Gasteiger partial charge in [-0.3, -0.25) is 4.79 Å². The molecule has 1 aromatic rings. The van der Waals surface area contributed by atoms with Crippen molar-refractivity contribution in [3.8, 4) is 0 Å². The third kappa shape index (κ3) is 2.66. The molecule has 1 aliphatic rings. The zero-order chi connectivity index (χ0) is 13.2. The maximum Gasteiger partial charge on any atom is 0.248 e. The van der Waals surface area contributed by atoms with Crippen molar-refractivity contribution in [1.82, 2.24) is 5.32 Å². The van der Waals surface area contributed by atoms with Crippen LogP contribution in [0.5, 0.6) is 0 Å². The average molecular weight is 269 g/mol. The van der Waals surface area contributed by atoms with Crippen LogP contribution in [0, 0.1) is 0 Å². The molecule has 0 aliphatic heterocycles. The number of carbonyl (C=O) groups is 1. The number of hydrogen-bond donors (Lipinski definition) is 3. The maximum absolute atomic E-state index is 11.0. The lowest BCUT2D eigenvalue weighted by atomic mass is 9.77. The Bertz CT molecular complexity index is 453. The van der Waals surface area contributed by atoms with Crippen LogP contribution < -0.4 is 11.1 Å². The lowest BCUT2D eigenvalue weighted by Gasteiger charge is -2.41. The molecule has 0 saturated heterocycles. The van der Waals surface area contributed by atoms with E-state index >= 15 is 0 Å². The first-order valence-corrected chi connectivity index (χ1v) is 6.38. The molecule has 18 heavy (non-hydrogen) atoms. The predicted octanol–water partition coefficient (Wildman–Crippen LogP) is 1.44. The molecule has 1 amide bonds. The fraction of sp³-hybridized carbons (Fsp3) is 0.462. The zero-order valence-electron chi connectivity index (χ0n) is 10.1. The summed E-state index contributed by atoms with van der Waals surface area (Å²) in [6.45, 7) is 0.725. The molecule has 4 N–H and O–H groups in total. The van der Waals surface area contributed by atoms with Gasteiger partial charge in [0.05, 0.1) is 6.61 Å². The number of rotatable bonds is 5. The van der Waals surface area contributed by atoms with Crippen LogP contribution >= 0.6 is 11.6 Å². The van der Waals surface area contributed by atoms with Gasteiger partial charge in [0.2, 0.25) is 5.91 Å². The highest BCUT2D eigenvalue weighted by Crippen LogP contribution is 2.32. The summed E-state index contributed by atoms with van der Waals surface area (Å²) in [6, 6.07) is 5.03. The molecule has 1 aromatic carbocycles. The van der Waals surface area contributed by atoms with Crippen LogP contribution in [0.2, 0.25) is 5.02 Å². The molecule has 1 aliphatic carbocycles. The second kappa shape index (κ2) is 5.26. The van der Waals surface area contributed by atoms with Crippen molar-refractivity contribution in [1.29, 1.82) is 0 Å². The van der Waals surface area contributed by atoms with E-state index in [2.05, 4.69) is 5.32 Å². The van der Waals surface area contributed by atoms with Crippen LogP contribution in [0.3, 0.4) is 0 Å². The fourth-order valence-corrected chi connectivity index (χ4v) is 2.37. The van der Waals surface area contributed by atoms with Gasteiger partial charge in [-0.25, -0.2) is 0 Å². The number of hydrogen-bond acceptors (Lipinski definition) is 3. The molecule has 98 valence electrons. The Kier molecular flexibility index (Phi) is 3.90. The van der Waals surface area contributed by atoms with E-state index in [0.29, 0.717) is 17.1 Å². The van der Waals surface area contributed by atoms with Gasteiger partial charge >= 0.3 is 0 Å². The van der Waals surface area contributed by atoms with Gasteiger partial charge in [-0.2, -0.15) is 0 Å². The lowest BCUT2D eigenvalue weighted by molar-refractivity contribution is 0.0872. The van der Waals surface area contributed by atoms with Crippen LogP contribution in [0.1, 0.15) is 35.2 Å². The number of halogens is 1. The Morgan fingerprint density at radius 2 is 2.22 bits per heavy atom. The highest BCUT2D eigenvalue weighted by molar-refractivity contribution is 6.31. The van der Waals surface area contributed by atoms with E-state index in [0.717, 1.165) is 24.8 Å². The Morgan fingerprint density at radius 1 is 1.50 bits per heavy atom. The van der Waals surface area contributed by atoms with Crippen molar-refractivity contribution in [3.05, 3.63) is 34.3 Å². The van der Waals surface area contributed by atoms with Crippen LogP contribution in [-0.4, -0.2) is 23.2 Å². The van der Waals surface area contributed by atoms with E-state index < -0.39 is 5.91 Å². The standard InChI is InChI=1S/C13H17ClN2O2/c14-11-6-9(12(15)18)2-3-10(11)7-16-13(8-17)4-1-5-13/h2-3,6,16-17H,1,4-5,7-8H2,(H2,15,18). The molecular formula is C13H17ClN2O2. The monoisotopic (exact) mass is 268 g/mol. The molecule has 1 fully saturated rings. The summed E-state index contributed by atoms with van der Waals surface area (Å²) in [5.41, 5.74) is 6.35. The number of carbonyl (C=O) groups excluding carboxylic acids is 1. The summed E-state index contributed by atoms with van der Waals surface area (Å²) in [5.74, 6) is -0.484. The minimum atomic E-state index is -0.484. The zero-order valence-corrected chi connectivity index (χ0v) is 10.8. The Labute approximate surface area is 111 Å². The van der Waals surface area contributed by atoms with E-state index in [1.165, 1.54) is 0 Å². The van der Waals surface area contributed by atoms with Crippen LogP contribution in [0.15, 0.2) is 18.2 Å². The van der Waals surface area contributed by atoms with Gasteiger partial charge in [0.25, 0.3) is 0 Å². The molecule has 0 atom stereocenters. The van der Waals surface area contributed by atoms with Gasteiger partial charge in [-0.15, -0.1) is 0 Å². The predicted molar refractivity (Wildman–Crippen MR) is 70.5 cm³/mol. The number of benzene rings is 1. The van der Waals surface area contributed by atoms with Crippen molar-refractivity contribution in [2.45, 2.75) is 31.3 Å². The first-order chi connectivity index (χ1) is 8.56. The van der Waals surface area contributed by atoms with Crippen molar-refractivity contribution in [2.24, 2.45) is 5.73 Å². The van der Waals surface area contributed by atoms with Gasteiger partial charge < -0.3 is 16.2 Å². The first-order valence-electron chi connectivity index (χ1n) is 6.00. The topological polar surface area (TPSA) is 75.4 Å². The molecule has 0 aromatic heterocycles. The third-order valence-corrected chi connectivity index (χ3v) is 3.96. The summed E-state index contributed by atoms with van der Waals surface area (Å²) in [5, 5.41) is 13.2. The molecule has 2 rings (SSSR count). The van der Waals surface area contributed by atoms with Gasteiger partial charge in [-0.1, -0.05) is 17.7 Å². The first kappa shape index (κ1) is 13.3.